The van der Waals surface area contributed by atoms with Gasteiger partial charge in [-0.15, -0.1) is 0 Å². The van der Waals surface area contributed by atoms with Crippen LogP contribution in [0.2, 0.25) is 0 Å². The van der Waals surface area contributed by atoms with E-state index in [1.54, 1.807) is 0 Å². The normalized spacial score (nSPS) is 18.4. The van der Waals surface area contributed by atoms with Gasteiger partial charge in [0.15, 0.2) is 0 Å². The van der Waals surface area contributed by atoms with Crippen molar-refractivity contribution in [2.24, 2.45) is 0 Å². The fourth-order valence-electron chi connectivity index (χ4n) is 3.19. The maximum atomic E-state index is 11.5. The number of rotatable bonds is 6. The van der Waals surface area contributed by atoms with Crippen molar-refractivity contribution in [1.82, 2.24) is 5.32 Å². The van der Waals surface area contributed by atoms with E-state index >= 15 is 0 Å². The zero-order chi connectivity index (χ0) is 17.5. The molecule has 2 atom stereocenters. The minimum Gasteiger partial charge on any atom is -0.489 e. The van der Waals surface area contributed by atoms with E-state index in [0.29, 0.717) is 6.61 Å². The lowest BCUT2D eigenvalue weighted by atomic mass is 9.94. The molecular formula is C21H25NO3. The number of esters is 1. The van der Waals surface area contributed by atoms with Crippen molar-refractivity contribution in [3.63, 3.8) is 0 Å². The Morgan fingerprint density at radius 1 is 1.12 bits per heavy atom. The first-order valence-corrected chi connectivity index (χ1v) is 8.89. The molecule has 3 rings (SSSR count). The van der Waals surface area contributed by atoms with Crippen molar-refractivity contribution < 1.29 is 14.3 Å². The van der Waals surface area contributed by atoms with Gasteiger partial charge in [0.1, 0.15) is 18.5 Å². The highest BCUT2D eigenvalue weighted by molar-refractivity contribution is 5.66. The maximum absolute atomic E-state index is 11.5. The molecule has 0 bridgehead atoms. The van der Waals surface area contributed by atoms with Gasteiger partial charge in [0.2, 0.25) is 0 Å². The Bertz CT molecular complexity index is 663. The van der Waals surface area contributed by atoms with Gasteiger partial charge in [0.25, 0.3) is 0 Å². The summed E-state index contributed by atoms with van der Waals surface area (Å²) in [5, 5.41) is 3.48. The molecule has 4 heteroatoms. The first kappa shape index (κ1) is 17.5. The summed E-state index contributed by atoms with van der Waals surface area (Å²) in [6, 6.07) is 18.1. The van der Waals surface area contributed by atoms with Crippen molar-refractivity contribution in [3.8, 4) is 5.75 Å². The highest BCUT2D eigenvalue weighted by atomic mass is 16.5. The van der Waals surface area contributed by atoms with Crippen LogP contribution in [-0.4, -0.2) is 18.6 Å². The van der Waals surface area contributed by atoms with Gasteiger partial charge in [-0.25, -0.2) is 0 Å². The molecule has 1 fully saturated rings. The molecule has 1 aliphatic rings. The predicted octanol–water partition coefficient (Wildman–Crippen LogP) is 4.01. The monoisotopic (exact) mass is 339 g/mol. The summed E-state index contributed by atoms with van der Waals surface area (Å²) in [7, 11) is 0. The molecule has 0 spiro atoms. The minimum atomic E-state index is -0.249. The zero-order valence-electron chi connectivity index (χ0n) is 14.6. The van der Waals surface area contributed by atoms with E-state index in [-0.39, 0.29) is 18.1 Å². The van der Waals surface area contributed by atoms with Crippen LogP contribution in [0.25, 0.3) is 0 Å². The van der Waals surface area contributed by atoms with Crippen LogP contribution < -0.4 is 10.1 Å². The molecule has 4 nitrogen and oxygen atoms in total. The number of nitrogens with one attached hydrogen (secondary N) is 1. The van der Waals surface area contributed by atoms with Crippen molar-refractivity contribution >= 4 is 5.97 Å². The lowest BCUT2D eigenvalue weighted by molar-refractivity contribution is -0.148. The summed E-state index contributed by atoms with van der Waals surface area (Å²) in [6.07, 6.45) is 3.11. The molecule has 132 valence electrons. The highest BCUT2D eigenvalue weighted by Crippen LogP contribution is 2.28. The first-order chi connectivity index (χ1) is 12.2. The van der Waals surface area contributed by atoms with Crippen LogP contribution in [-0.2, 0) is 16.1 Å². The summed E-state index contributed by atoms with van der Waals surface area (Å²) >= 11 is 0. The van der Waals surface area contributed by atoms with Gasteiger partial charge >= 0.3 is 5.97 Å². The van der Waals surface area contributed by atoms with Crippen molar-refractivity contribution in [1.29, 1.82) is 0 Å². The van der Waals surface area contributed by atoms with E-state index in [1.165, 1.54) is 13.3 Å². The van der Waals surface area contributed by atoms with Gasteiger partial charge < -0.3 is 14.8 Å². The van der Waals surface area contributed by atoms with Crippen LogP contribution in [0.5, 0.6) is 5.75 Å². The largest absolute Gasteiger partial charge is 0.489 e. The molecule has 2 unspecified atom stereocenters. The topological polar surface area (TPSA) is 47.6 Å². The standard InChI is InChI=1S/C21H25NO3/c1-16(23)25-21(20-9-5-6-14-22-20)18-10-12-19(13-11-18)24-15-17-7-3-2-4-8-17/h2-4,7-8,10-13,20-22H,5-6,9,14-15H2,1H3. The third-order valence-corrected chi connectivity index (χ3v) is 4.46. The van der Waals surface area contributed by atoms with Crippen molar-refractivity contribution in [2.45, 2.75) is 44.9 Å². The van der Waals surface area contributed by atoms with Crippen LogP contribution in [0, 0.1) is 0 Å². The van der Waals surface area contributed by atoms with Gasteiger partial charge in [-0.3, -0.25) is 4.79 Å². The molecule has 25 heavy (non-hydrogen) atoms. The van der Waals surface area contributed by atoms with Crippen molar-refractivity contribution in [2.75, 3.05) is 6.54 Å². The molecule has 0 aliphatic carbocycles. The van der Waals surface area contributed by atoms with Crippen LogP contribution in [0.4, 0.5) is 0 Å². The Kier molecular flexibility index (Phi) is 6.07. The fourth-order valence-corrected chi connectivity index (χ4v) is 3.19. The number of hydrogen-bond donors (Lipinski definition) is 1. The molecule has 1 N–H and O–H groups in total. The van der Waals surface area contributed by atoms with Gasteiger partial charge in [0.05, 0.1) is 0 Å². The summed E-state index contributed by atoms with van der Waals surface area (Å²) in [5.74, 6) is 0.563. The lowest BCUT2D eigenvalue weighted by Gasteiger charge is -2.31. The molecule has 0 radical (unpaired) electrons. The van der Waals surface area contributed by atoms with Gasteiger partial charge in [0, 0.05) is 13.0 Å². The molecule has 2 aromatic carbocycles. The Balaban J connectivity index is 1.66. The van der Waals surface area contributed by atoms with Crippen LogP contribution >= 0.6 is 0 Å². The SMILES string of the molecule is CC(=O)OC(c1ccc(OCc2ccccc2)cc1)C1CCCCN1. The number of benzene rings is 2. The van der Waals surface area contributed by atoms with Gasteiger partial charge in [-0.05, 0) is 42.6 Å². The smallest absolute Gasteiger partial charge is 0.303 e. The summed E-state index contributed by atoms with van der Waals surface area (Å²) in [4.78, 5) is 11.5. The summed E-state index contributed by atoms with van der Waals surface area (Å²) in [6.45, 7) is 2.98. The number of piperidine rings is 1. The average Bonchev–Trinajstić information content (AvgIpc) is 2.66. The Morgan fingerprint density at radius 3 is 2.52 bits per heavy atom. The first-order valence-electron chi connectivity index (χ1n) is 8.89. The maximum Gasteiger partial charge on any atom is 0.303 e. The molecule has 0 aromatic heterocycles. The van der Waals surface area contributed by atoms with E-state index in [4.69, 9.17) is 9.47 Å². The lowest BCUT2D eigenvalue weighted by Crippen LogP contribution is -2.40. The van der Waals surface area contributed by atoms with Crippen molar-refractivity contribution in [3.05, 3.63) is 65.7 Å². The number of carbonyl (C=O) groups is 1. The molecule has 1 heterocycles. The minimum absolute atomic E-state index is 0.175. The van der Waals surface area contributed by atoms with E-state index < -0.39 is 0 Å². The zero-order valence-corrected chi connectivity index (χ0v) is 14.6. The molecule has 1 aliphatic heterocycles. The van der Waals surface area contributed by atoms with Crippen LogP contribution in [0.1, 0.15) is 43.4 Å². The predicted molar refractivity (Wildman–Crippen MR) is 97.4 cm³/mol. The quantitative estimate of drug-likeness (QED) is 0.808. The summed E-state index contributed by atoms with van der Waals surface area (Å²) < 4.78 is 11.4. The Labute approximate surface area is 149 Å². The van der Waals surface area contributed by atoms with Gasteiger partial charge in [-0.1, -0.05) is 48.9 Å². The van der Waals surface area contributed by atoms with Crippen LogP contribution in [0.3, 0.4) is 0 Å². The van der Waals surface area contributed by atoms with E-state index in [0.717, 1.165) is 36.3 Å². The Morgan fingerprint density at radius 2 is 1.88 bits per heavy atom. The molecule has 2 aromatic rings. The molecule has 0 amide bonds. The number of hydrogen-bond acceptors (Lipinski definition) is 4. The number of carbonyl (C=O) groups excluding carboxylic acids is 1. The van der Waals surface area contributed by atoms with E-state index in [2.05, 4.69) is 5.32 Å². The third kappa shape index (κ3) is 5.07. The fraction of sp³-hybridized carbons (Fsp3) is 0.381. The summed E-state index contributed by atoms with van der Waals surface area (Å²) in [5.41, 5.74) is 2.14. The second-order valence-electron chi connectivity index (χ2n) is 6.43. The molecular weight excluding hydrogens is 314 g/mol. The van der Waals surface area contributed by atoms with Gasteiger partial charge in [-0.2, -0.15) is 0 Å². The average molecular weight is 339 g/mol. The van der Waals surface area contributed by atoms with Crippen LogP contribution in [0.15, 0.2) is 54.6 Å². The molecule has 0 saturated carbocycles. The molecule has 1 saturated heterocycles. The van der Waals surface area contributed by atoms with E-state index in [1.807, 2.05) is 54.6 Å². The highest BCUT2D eigenvalue weighted by Gasteiger charge is 2.27. The van der Waals surface area contributed by atoms with E-state index in [9.17, 15) is 4.79 Å². The number of ether oxygens (including phenoxy) is 2. The Hall–Kier alpha value is -2.33. The third-order valence-electron chi connectivity index (χ3n) is 4.46. The second kappa shape index (κ2) is 8.67. The second-order valence-corrected chi connectivity index (χ2v) is 6.43.